The zero-order valence-corrected chi connectivity index (χ0v) is 8.20. The van der Waals surface area contributed by atoms with Crippen LogP contribution in [0.2, 0.25) is 0 Å². The van der Waals surface area contributed by atoms with Crippen molar-refractivity contribution >= 4 is 5.97 Å². The van der Waals surface area contributed by atoms with Gasteiger partial charge in [0.2, 0.25) is 0 Å². The molecular formula is C11H11NO2. The number of aromatic nitrogens is 1. The monoisotopic (exact) mass is 189 g/mol. The van der Waals surface area contributed by atoms with Crippen molar-refractivity contribution < 1.29 is 9.53 Å². The van der Waals surface area contributed by atoms with E-state index in [0.29, 0.717) is 0 Å². The van der Waals surface area contributed by atoms with E-state index in [2.05, 4.69) is 21.6 Å². The summed E-state index contributed by atoms with van der Waals surface area (Å²) >= 11 is 0. The summed E-state index contributed by atoms with van der Waals surface area (Å²) in [6.45, 7) is 1.95. The highest BCUT2D eigenvalue weighted by atomic mass is 16.5. The van der Waals surface area contributed by atoms with Gasteiger partial charge in [-0.3, -0.25) is 9.78 Å². The van der Waals surface area contributed by atoms with Crippen molar-refractivity contribution in [1.82, 2.24) is 4.98 Å². The van der Waals surface area contributed by atoms with Crippen molar-refractivity contribution in [2.75, 3.05) is 7.11 Å². The Bertz CT molecular complexity index is 388. The third-order valence-corrected chi connectivity index (χ3v) is 1.72. The Labute approximate surface area is 83.1 Å². The molecule has 0 unspecified atom stereocenters. The van der Waals surface area contributed by atoms with Crippen molar-refractivity contribution in [2.45, 2.75) is 13.3 Å². The average Bonchev–Trinajstić information content (AvgIpc) is 2.20. The second-order valence-electron chi connectivity index (χ2n) is 2.75. The average molecular weight is 189 g/mol. The van der Waals surface area contributed by atoms with Gasteiger partial charge in [0.15, 0.2) is 0 Å². The standard InChI is InChI=1S/C11H11NO2/c1-9-6-7-12-8-10(9)4-3-5-11(13)14-2/h6-8H,5H2,1-2H3. The SMILES string of the molecule is COC(=O)CC#Cc1cnccc1C. The van der Waals surface area contributed by atoms with Crippen LogP contribution in [-0.4, -0.2) is 18.1 Å². The van der Waals surface area contributed by atoms with Gasteiger partial charge in [0.1, 0.15) is 6.42 Å². The molecule has 0 fully saturated rings. The van der Waals surface area contributed by atoms with Crippen molar-refractivity contribution in [1.29, 1.82) is 0 Å². The van der Waals surface area contributed by atoms with Crippen LogP contribution in [0.25, 0.3) is 0 Å². The van der Waals surface area contributed by atoms with Gasteiger partial charge in [-0.05, 0) is 18.6 Å². The van der Waals surface area contributed by atoms with Crippen LogP contribution in [-0.2, 0) is 9.53 Å². The molecule has 0 saturated heterocycles. The third kappa shape index (κ3) is 2.91. The number of pyridine rings is 1. The summed E-state index contributed by atoms with van der Waals surface area (Å²) in [5.74, 6) is 5.27. The minimum atomic E-state index is -0.320. The van der Waals surface area contributed by atoms with E-state index in [0.717, 1.165) is 11.1 Å². The highest BCUT2D eigenvalue weighted by molar-refractivity contribution is 5.72. The molecular weight excluding hydrogens is 178 g/mol. The Morgan fingerprint density at radius 1 is 1.64 bits per heavy atom. The van der Waals surface area contributed by atoms with E-state index in [-0.39, 0.29) is 12.4 Å². The number of nitrogens with zero attached hydrogens (tertiary/aromatic N) is 1. The molecule has 0 bridgehead atoms. The normalized spacial score (nSPS) is 8.71. The van der Waals surface area contributed by atoms with E-state index in [1.165, 1.54) is 7.11 Å². The first-order valence-electron chi connectivity index (χ1n) is 4.20. The predicted molar refractivity (Wildman–Crippen MR) is 52.5 cm³/mol. The molecule has 1 aromatic heterocycles. The Balaban J connectivity index is 2.68. The van der Waals surface area contributed by atoms with Crippen LogP contribution in [0.3, 0.4) is 0 Å². The van der Waals surface area contributed by atoms with E-state index in [9.17, 15) is 4.79 Å². The number of rotatable bonds is 1. The van der Waals surface area contributed by atoms with Gasteiger partial charge in [0.05, 0.1) is 7.11 Å². The molecule has 1 rings (SSSR count). The summed E-state index contributed by atoms with van der Waals surface area (Å²) < 4.78 is 4.46. The molecule has 0 aliphatic rings. The largest absolute Gasteiger partial charge is 0.468 e. The molecule has 0 amide bonds. The summed E-state index contributed by atoms with van der Waals surface area (Å²) in [7, 11) is 1.35. The molecule has 0 aliphatic carbocycles. The van der Waals surface area contributed by atoms with Gasteiger partial charge < -0.3 is 4.74 Å². The van der Waals surface area contributed by atoms with Crippen molar-refractivity contribution in [3.05, 3.63) is 29.6 Å². The zero-order valence-electron chi connectivity index (χ0n) is 8.20. The first kappa shape index (κ1) is 10.3. The molecule has 0 aromatic carbocycles. The number of carbonyl (C=O) groups excluding carboxylic acids is 1. The summed E-state index contributed by atoms with van der Waals surface area (Å²) in [5.41, 5.74) is 1.90. The molecule has 3 heteroatoms. The van der Waals surface area contributed by atoms with E-state index in [1.807, 2.05) is 13.0 Å². The van der Waals surface area contributed by atoms with Crippen molar-refractivity contribution in [2.24, 2.45) is 0 Å². The highest BCUT2D eigenvalue weighted by Gasteiger charge is 1.95. The smallest absolute Gasteiger partial charge is 0.317 e. The maximum absolute atomic E-state index is 10.7. The number of carbonyl (C=O) groups is 1. The van der Waals surface area contributed by atoms with E-state index < -0.39 is 0 Å². The molecule has 0 radical (unpaired) electrons. The van der Waals surface area contributed by atoms with E-state index in [1.54, 1.807) is 12.4 Å². The lowest BCUT2D eigenvalue weighted by Crippen LogP contribution is -1.97. The maximum atomic E-state index is 10.7. The quantitative estimate of drug-likeness (QED) is 0.494. The van der Waals surface area contributed by atoms with Crippen LogP contribution in [0.15, 0.2) is 18.5 Å². The summed E-state index contributed by atoms with van der Waals surface area (Å²) in [6.07, 6.45) is 3.51. The van der Waals surface area contributed by atoms with Crippen LogP contribution in [0.5, 0.6) is 0 Å². The van der Waals surface area contributed by atoms with Crippen molar-refractivity contribution in [3.8, 4) is 11.8 Å². The van der Waals surface area contributed by atoms with Gasteiger partial charge >= 0.3 is 5.97 Å². The Hall–Kier alpha value is -1.82. The van der Waals surface area contributed by atoms with Crippen LogP contribution in [0.1, 0.15) is 17.5 Å². The fourth-order valence-electron chi connectivity index (χ4n) is 0.879. The van der Waals surface area contributed by atoms with Gasteiger partial charge in [-0.1, -0.05) is 11.8 Å². The van der Waals surface area contributed by atoms with Gasteiger partial charge in [-0.2, -0.15) is 0 Å². The maximum Gasteiger partial charge on any atom is 0.317 e. The Morgan fingerprint density at radius 2 is 2.43 bits per heavy atom. The first-order valence-corrected chi connectivity index (χ1v) is 4.20. The lowest BCUT2D eigenvalue weighted by Gasteiger charge is -1.94. The minimum Gasteiger partial charge on any atom is -0.468 e. The van der Waals surface area contributed by atoms with E-state index in [4.69, 9.17) is 0 Å². The highest BCUT2D eigenvalue weighted by Crippen LogP contribution is 2.02. The van der Waals surface area contributed by atoms with Crippen LogP contribution in [0.4, 0.5) is 0 Å². The van der Waals surface area contributed by atoms with Crippen molar-refractivity contribution in [3.63, 3.8) is 0 Å². The van der Waals surface area contributed by atoms with Gasteiger partial charge in [-0.25, -0.2) is 0 Å². The molecule has 72 valence electrons. The predicted octanol–water partition coefficient (Wildman–Crippen LogP) is 1.30. The molecule has 0 spiro atoms. The fourth-order valence-corrected chi connectivity index (χ4v) is 0.879. The number of hydrogen-bond donors (Lipinski definition) is 0. The number of ether oxygens (including phenoxy) is 1. The summed E-state index contributed by atoms with van der Waals surface area (Å²) in [6, 6.07) is 1.88. The number of hydrogen-bond acceptors (Lipinski definition) is 3. The Morgan fingerprint density at radius 3 is 3.07 bits per heavy atom. The molecule has 0 atom stereocenters. The fraction of sp³-hybridized carbons (Fsp3) is 0.273. The van der Waals surface area contributed by atoms with Crippen LogP contribution in [0, 0.1) is 18.8 Å². The van der Waals surface area contributed by atoms with Gasteiger partial charge in [0.25, 0.3) is 0 Å². The molecule has 14 heavy (non-hydrogen) atoms. The second kappa shape index (κ2) is 5.03. The molecule has 1 heterocycles. The van der Waals surface area contributed by atoms with Crippen LogP contribution >= 0.6 is 0 Å². The number of methoxy groups -OCH3 is 1. The molecule has 3 nitrogen and oxygen atoms in total. The topological polar surface area (TPSA) is 39.2 Å². The zero-order chi connectivity index (χ0) is 10.4. The first-order chi connectivity index (χ1) is 6.74. The molecule has 1 aromatic rings. The molecule has 0 aliphatic heterocycles. The molecule has 0 saturated carbocycles. The molecule has 0 N–H and O–H groups in total. The third-order valence-electron chi connectivity index (χ3n) is 1.72. The van der Waals surface area contributed by atoms with Crippen LogP contribution < -0.4 is 0 Å². The number of esters is 1. The summed E-state index contributed by atoms with van der Waals surface area (Å²) in [4.78, 5) is 14.7. The van der Waals surface area contributed by atoms with E-state index >= 15 is 0 Å². The second-order valence-corrected chi connectivity index (χ2v) is 2.75. The van der Waals surface area contributed by atoms with Gasteiger partial charge in [-0.15, -0.1) is 0 Å². The summed E-state index contributed by atoms with van der Waals surface area (Å²) in [5, 5.41) is 0. The number of aryl methyl sites for hydroxylation is 1. The minimum absolute atomic E-state index is 0.116. The lowest BCUT2D eigenvalue weighted by atomic mass is 10.2. The Kier molecular flexibility index (Phi) is 3.69. The lowest BCUT2D eigenvalue weighted by molar-refractivity contribution is -0.139. The van der Waals surface area contributed by atoms with Gasteiger partial charge in [0, 0.05) is 18.0 Å².